The molecule has 182 valence electrons. The number of ether oxygens (including phenoxy) is 2. The molecule has 5 rings (SSSR count). The molecule has 0 spiro atoms. The van der Waals surface area contributed by atoms with Crippen LogP contribution in [-0.4, -0.2) is 30.9 Å². The van der Waals surface area contributed by atoms with E-state index in [0.717, 1.165) is 11.7 Å². The predicted molar refractivity (Wildman–Crippen MR) is 133 cm³/mol. The minimum Gasteiger partial charge on any atom is -0.491 e. The fourth-order valence-corrected chi connectivity index (χ4v) is 4.70. The zero-order valence-corrected chi connectivity index (χ0v) is 20.2. The Morgan fingerprint density at radius 2 is 1.75 bits per heavy atom. The summed E-state index contributed by atoms with van der Waals surface area (Å²) in [6.07, 6.45) is 0.0928. The molecule has 1 unspecified atom stereocenters. The number of benzene rings is 3. The fourth-order valence-electron chi connectivity index (χ4n) is 4.18. The van der Waals surface area contributed by atoms with Crippen molar-refractivity contribution in [1.29, 1.82) is 0 Å². The molecule has 0 bridgehead atoms. The van der Waals surface area contributed by atoms with Gasteiger partial charge in [-0.25, -0.2) is 4.79 Å². The quantitative estimate of drug-likeness (QED) is 0.217. The minimum atomic E-state index is -2.04. The Morgan fingerprint density at radius 3 is 2.42 bits per heavy atom. The summed E-state index contributed by atoms with van der Waals surface area (Å²) in [5, 5.41) is 22.9. The predicted octanol–water partition coefficient (Wildman–Crippen LogP) is 4.79. The number of nitro benzene ring substituents is 1. The molecular weight excluding hydrogens is 482 g/mol. The van der Waals surface area contributed by atoms with Crippen LogP contribution in [0.2, 0.25) is 0 Å². The van der Waals surface area contributed by atoms with Crippen molar-refractivity contribution in [2.45, 2.75) is 32.2 Å². The van der Waals surface area contributed by atoms with Gasteiger partial charge in [-0.3, -0.25) is 10.1 Å². The number of aromatic nitrogens is 2. The smallest absolute Gasteiger partial charge is 0.342 e. The average Bonchev–Trinajstić information content (AvgIpc) is 3.41. The standard InChI is InChI=1S/C26H21N3O6S/c1-15(2)34-20-10-6-18(7-11-20)26(31)21(13-16-3-8-19(9-4-16)29(32)33)24(25(30)35-26)17-5-12-22-23(14-17)28-36-27-22/h3-12,14-15,31H,13H2,1-2H3. The first-order valence-corrected chi connectivity index (χ1v) is 11.9. The van der Waals surface area contributed by atoms with Gasteiger partial charge in [0.05, 0.1) is 28.3 Å². The van der Waals surface area contributed by atoms with E-state index in [1.54, 1.807) is 54.6 Å². The van der Waals surface area contributed by atoms with Crippen LogP contribution in [-0.2, 0) is 21.7 Å². The Labute approximate surface area is 210 Å². The largest absolute Gasteiger partial charge is 0.491 e. The van der Waals surface area contributed by atoms with Crippen LogP contribution in [0.5, 0.6) is 5.75 Å². The van der Waals surface area contributed by atoms with Crippen LogP contribution in [0.15, 0.2) is 72.3 Å². The summed E-state index contributed by atoms with van der Waals surface area (Å²) in [5.74, 6) is -2.11. The Balaban J connectivity index is 1.63. The topological polar surface area (TPSA) is 125 Å². The summed E-state index contributed by atoms with van der Waals surface area (Å²) in [7, 11) is 0. The number of hydrogen-bond donors (Lipinski definition) is 1. The van der Waals surface area contributed by atoms with E-state index in [1.165, 1.54) is 12.1 Å². The van der Waals surface area contributed by atoms with Crippen LogP contribution >= 0.6 is 11.7 Å². The molecule has 10 heteroatoms. The lowest BCUT2D eigenvalue weighted by Gasteiger charge is -2.26. The van der Waals surface area contributed by atoms with Crippen LogP contribution in [0.1, 0.15) is 30.5 Å². The number of fused-ring (bicyclic) bond motifs is 1. The molecule has 0 radical (unpaired) electrons. The van der Waals surface area contributed by atoms with Crippen LogP contribution < -0.4 is 4.74 Å². The molecule has 1 atom stereocenters. The van der Waals surface area contributed by atoms with E-state index in [2.05, 4.69) is 8.75 Å². The van der Waals surface area contributed by atoms with Gasteiger partial charge in [-0.05, 0) is 61.4 Å². The molecule has 0 fully saturated rings. The molecule has 2 heterocycles. The van der Waals surface area contributed by atoms with Gasteiger partial charge in [-0.2, -0.15) is 8.75 Å². The van der Waals surface area contributed by atoms with E-state index < -0.39 is 16.7 Å². The average molecular weight is 504 g/mol. The van der Waals surface area contributed by atoms with Crippen molar-refractivity contribution < 1.29 is 24.3 Å². The maximum absolute atomic E-state index is 13.2. The molecule has 1 aromatic heterocycles. The summed E-state index contributed by atoms with van der Waals surface area (Å²) in [5.41, 5.74) is 3.37. The maximum atomic E-state index is 13.2. The number of non-ortho nitro benzene ring substituents is 1. The Hall–Kier alpha value is -4.15. The normalized spacial score (nSPS) is 17.6. The molecule has 0 saturated heterocycles. The second-order valence-corrected chi connectivity index (χ2v) is 9.17. The number of aliphatic hydroxyl groups is 1. The highest BCUT2D eigenvalue weighted by Gasteiger charge is 2.48. The van der Waals surface area contributed by atoms with Crippen LogP contribution in [0.4, 0.5) is 5.69 Å². The lowest BCUT2D eigenvalue weighted by atomic mass is 9.88. The second-order valence-electron chi connectivity index (χ2n) is 8.65. The molecule has 9 nitrogen and oxygen atoms in total. The number of esters is 1. The lowest BCUT2D eigenvalue weighted by Crippen LogP contribution is -2.29. The Kier molecular flexibility index (Phi) is 5.99. The van der Waals surface area contributed by atoms with Crippen molar-refractivity contribution in [3.05, 3.63) is 99.1 Å². The minimum absolute atomic E-state index is 0.0254. The highest BCUT2D eigenvalue weighted by Crippen LogP contribution is 2.45. The Bertz CT molecular complexity index is 1490. The van der Waals surface area contributed by atoms with E-state index in [1.807, 2.05) is 13.8 Å². The second kappa shape index (κ2) is 9.14. The third kappa shape index (κ3) is 4.32. The maximum Gasteiger partial charge on any atom is 0.342 e. The summed E-state index contributed by atoms with van der Waals surface area (Å²) in [4.78, 5) is 23.8. The van der Waals surface area contributed by atoms with Crippen LogP contribution in [0, 0.1) is 10.1 Å². The number of carbonyl (C=O) groups excluding carboxylic acids is 1. The summed E-state index contributed by atoms with van der Waals surface area (Å²) in [6.45, 7) is 3.82. The van der Waals surface area contributed by atoms with Gasteiger partial charge in [-0.15, -0.1) is 0 Å². The van der Waals surface area contributed by atoms with Gasteiger partial charge in [0.15, 0.2) is 0 Å². The van der Waals surface area contributed by atoms with Gasteiger partial charge in [0, 0.05) is 29.7 Å². The number of carbonyl (C=O) groups is 1. The van der Waals surface area contributed by atoms with Crippen molar-refractivity contribution in [2.24, 2.45) is 0 Å². The molecule has 3 aromatic carbocycles. The van der Waals surface area contributed by atoms with Gasteiger partial charge < -0.3 is 14.6 Å². The molecule has 1 aliphatic rings. The van der Waals surface area contributed by atoms with Gasteiger partial charge in [-0.1, -0.05) is 18.2 Å². The SMILES string of the molecule is CC(C)Oc1ccc(C2(O)OC(=O)C(c3ccc4nsnc4c3)=C2Cc2ccc([N+](=O)[O-])cc2)cc1. The van der Waals surface area contributed by atoms with E-state index in [0.29, 0.717) is 39.0 Å². The summed E-state index contributed by atoms with van der Waals surface area (Å²) in [6, 6.07) is 17.9. The number of nitro groups is 1. The van der Waals surface area contributed by atoms with Crippen molar-refractivity contribution in [3.63, 3.8) is 0 Å². The molecule has 1 aliphatic heterocycles. The van der Waals surface area contributed by atoms with E-state index >= 15 is 0 Å². The zero-order chi connectivity index (χ0) is 25.4. The first-order valence-electron chi connectivity index (χ1n) is 11.2. The van der Waals surface area contributed by atoms with Gasteiger partial charge in [0.1, 0.15) is 16.8 Å². The number of rotatable bonds is 7. The first-order chi connectivity index (χ1) is 17.2. The molecule has 0 aliphatic carbocycles. The monoisotopic (exact) mass is 503 g/mol. The van der Waals surface area contributed by atoms with E-state index in [-0.39, 0.29) is 23.8 Å². The highest BCUT2D eigenvalue weighted by molar-refractivity contribution is 7.00. The highest BCUT2D eigenvalue weighted by atomic mass is 32.1. The molecule has 4 aromatic rings. The van der Waals surface area contributed by atoms with Crippen molar-refractivity contribution in [3.8, 4) is 5.75 Å². The number of cyclic esters (lactones) is 1. The van der Waals surface area contributed by atoms with Crippen molar-refractivity contribution in [2.75, 3.05) is 0 Å². The lowest BCUT2D eigenvalue weighted by molar-refractivity contribution is -0.384. The van der Waals surface area contributed by atoms with Gasteiger partial charge in [0.25, 0.3) is 11.5 Å². The van der Waals surface area contributed by atoms with Gasteiger partial charge >= 0.3 is 5.97 Å². The third-order valence-electron chi connectivity index (χ3n) is 5.84. The van der Waals surface area contributed by atoms with E-state index in [9.17, 15) is 20.0 Å². The number of hydrogen-bond acceptors (Lipinski definition) is 9. The third-order valence-corrected chi connectivity index (χ3v) is 6.40. The zero-order valence-electron chi connectivity index (χ0n) is 19.4. The Morgan fingerprint density at radius 1 is 1.06 bits per heavy atom. The molecule has 1 N–H and O–H groups in total. The van der Waals surface area contributed by atoms with Crippen molar-refractivity contribution in [1.82, 2.24) is 8.75 Å². The molecule has 36 heavy (non-hydrogen) atoms. The first kappa shape index (κ1) is 23.6. The fraction of sp³-hybridized carbons (Fsp3) is 0.192. The van der Waals surface area contributed by atoms with E-state index in [4.69, 9.17) is 9.47 Å². The van der Waals surface area contributed by atoms with Crippen LogP contribution in [0.25, 0.3) is 16.6 Å². The molecule has 0 amide bonds. The molecule has 0 saturated carbocycles. The summed E-state index contributed by atoms with van der Waals surface area (Å²) >= 11 is 1.07. The van der Waals surface area contributed by atoms with Gasteiger partial charge in [0.2, 0.25) is 0 Å². The van der Waals surface area contributed by atoms with Crippen LogP contribution in [0.3, 0.4) is 0 Å². The number of nitrogens with zero attached hydrogens (tertiary/aromatic N) is 3. The molecular formula is C26H21N3O6S. The van der Waals surface area contributed by atoms with Crippen molar-refractivity contribution >= 4 is 40.0 Å². The summed E-state index contributed by atoms with van der Waals surface area (Å²) < 4.78 is 19.8.